The van der Waals surface area contributed by atoms with Crippen molar-refractivity contribution in [3.8, 4) is 11.4 Å². The molecule has 3 heterocycles. The van der Waals surface area contributed by atoms with Crippen molar-refractivity contribution in [1.82, 2.24) is 15.3 Å². The highest BCUT2D eigenvalue weighted by molar-refractivity contribution is 6.30. The number of urea groups is 1. The van der Waals surface area contributed by atoms with Gasteiger partial charge in [-0.1, -0.05) is 23.7 Å². The lowest BCUT2D eigenvalue weighted by atomic mass is 10.1. The zero-order valence-corrected chi connectivity index (χ0v) is 19.2. The van der Waals surface area contributed by atoms with E-state index in [1.165, 1.54) is 0 Å². The molecule has 2 N–H and O–H groups in total. The third-order valence-corrected chi connectivity index (χ3v) is 6.13. The third-order valence-electron chi connectivity index (χ3n) is 5.87. The maximum absolute atomic E-state index is 13.4. The summed E-state index contributed by atoms with van der Waals surface area (Å²) in [6.07, 6.45) is 1.70. The van der Waals surface area contributed by atoms with Crippen LogP contribution in [0.5, 0.6) is 0 Å². The topological polar surface area (TPSA) is 99.7 Å². The second-order valence-corrected chi connectivity index (χ2v) is 8.46. The van der Waals surface area contributed by atoms with Gasteiger partial charge < -0.3 is 25.2 Å². The van der Waals surface area contributed by atoms with E-state index in [-0.39, 0.29) is 11.9 Å². The molecule has 34 heavy (non-hydrogen) atoms. The molecule has 3 aromatic rings. The fourth-order valence-corrected chi connectivity index (χ4v) is 4.23. The normalized spacial score (nSPS) is 17.1. The quantitative estimate of drug-likeness (QED) is 0.597. The van der Waals surface area contributed by atoms with E-state index >= 15 is 0 Å². The first kappa shape index (κ1) is 22.1. The number of carbonyl (C=O) groups excluding carboxylic acids is 2. The number of hydrogen-bond donors (Lipinski definition) is 2. The molecule has 3 amide bonds. The van der Waals surface area contributed by atoms with Gasteiger partial charge in [0.2, 0.25) is 0 Å². The predicted octanol–water partition coefficient (Wildman–Crippen LogP) is 3.30. The number of carbonyl (C=O) groups is 2. The largest absolute Gasteiger partial charge is 0.377 e. The molecule has 1 fully saturated rings. The molecular formula is C24H23ClN6O3. The van der Waals surface area contributed by atoms with Gasteiger partial charge >= 0.3 is 6.03 Å². The molecular weight excluding hydrogens is 456 g/mol. The van der Waals surface area contributed by atoms with Gasteiger partial charge in [-0.15, -0.1) is 0 Å². The standard InChI is InChI=1S/C24H23ClN6O3/c1-26-24(33)28-18-8-4-16(5-9-18)21-27-12-19-22(29-21)30-10-11-34-14-20(30)23(32)31(19)13-15-2-6-17(25)7-3-15/h2-9,12,20H,10-11,13-14H2,1H3,(H2,26,28,33). The number of fused-ring (bicyclic) bond motifs is 3. The molecule has 0 radical (unpaired) electrons. The van der Waals surface area contributed by atoms with Gasteiger partial charge in [0.15, 0.2) is 11.6 Å². The van der Waals surface area contributed by atoms with Crippen LogP contribution in [0.15, 0.2) is 54.7 Å². The second-order valence-electron chi connectivity index (χ2n) is 8.02. The van der Waals surface area contributed by atoms with Crippen molar-refractivity contribution in [2.24, 2.45) is 0 Å². The Labute approximate surface area is 201 Å². The van der Waals surface area contributed by atoms with Crippen LogP contribution in [-0.2, 0) is 16.1 Å². The zero-order chi connectivity index (χ0) is 23.7. The highest BCUT2D eigenvalue weighted by Crippen LogP contribution is 2.37. The minimum atomic E-state index is -0.435. The van der Waals surface area contributed by atoms with Crippen LogP contribution < -0.4 is 20.4 Å². The molecule has 2 aromatic carbocycles. The summed E-state index contributed by atoms with van der Waals surface area (Å²) in [5.41, 5.74) is 3.09. The van der Waals surface area contributed by atoms with Crippen molar-refractivity contribution in [3.05, 3.63) is 65.3 Å². The molecule has 9 nitrogen and oxygen atoms in total. The van der Waals surface area contributed by atoms with Gasteiger partial charge in [0.1, 0.15) is 11.7 Å². The van der Waals surface area contributed by atoms with Crippen LogP contribution in [0.3, 0.4) is 0 Å². The number of benzene rings is 2. The number of morpholine rings is 1. The summed E-state index contributed by atoms with van der Waals surface area (Å²) < 4.78 is 5.62. The minimum absolute atomic E-state index is 0.0388. The number of nitrogens with zero attached hydrogens (tertiary/aromatic N) is 4. The lowest BCUT2D eigenvalue weighted by Crippen LogP contribution is -2.58. The van der Waals surface area contributed by atoms with Crippen LogP contribution >= 0.6 is 11.6 Å². The van der Waals surface area contributed by atoms with Crippen molar-refractivity contribution in [2.75, 3.05) is 41.9 Å². The number of nitrogens with one attached hydrogen (secondary N) is 2. The van der Waals surface area contributed by atoms with Gasteiger partial charge in [-0.25, -0.2) is 14.8 Å². The molecule has 5 rings (SSSR count). The molecule has 0 aliphatic carbocycles. The summed E-state index contributed by atoms with van der Waals surface area (Å²) in [6, 6.07) is 14.0. The summed E-state index contributed by atoms with van der Waals surface area (Å²) in [5.74, 6) is 1.21. The Kier molecular flexibility index (Phi) is 6.04. The Hall–Kier alpha value is -3.69. The van der Waals surface area contributed by atoms with Gasteiger partial charge in [-0.3, -0.25) is 4.79 Å². The molecule has 174 valence electrons. The molecule has 0 spiro atoms. The van der Waals surface area contributed by atoms with E-state index in [2.05, 4.69) is 15.6 Å². The average Bonchev–Trinajstić information content (AvgIpc) is 2.88. The zero-order valence-electron chi connectivity index (χ0n) is 18.5. The van der Waals surface area contributed by atoms with Crippen molar-refractivity contribution >= 4 is 40.7 Å². The second kappa shape index (κ2) is 9.28. The van der Waals surface area contributed by atoms with E-state index in [4.69, 9.17) is 21.3 Å². The number of halogens is 1. The first-order valence-electron chi connectivity index (χ1n) is 10.9. The third kappa shape index (κ3) is 4.27. The first-order valence-corrected chi connectivity index (χ1v) is 11.3. The highest BCUT2D eigenvalue weighted by Gasteiger charge is 2.41. The Morgan fingerprint density at radius 2 is 1.94 bits per heavy atom. The van der Waals surface area contributed by atoms with Crippen molar-refractivity contribution in [2.45, 2.75) is 12.6 Å². The van der Waals surface area contributed by atoms with Crippen molar-refractivity contribution < 1.29 is 14.3 Å². The Bertz CT molecular complexity index is 1220. The van der Waals surface area contributed by atoms with Gasteiger partial charge in [-0.05, 0) is 42.0 Å². The van der Waals surface area contributed by atoms with Gasteiger partial charge in [0, 0.05) is 29.9 Å². The molecule has 1 atom stereocenters. The molecule has 2 aliphatic rings. The SMILES string of the molecule is CNC(=O)Nc1ccc(-c2ncc3c(n2)N2CCOCC2C(=O)N3Cc2ccc(Cl)cc2)cc1. The lowest BCUT2D eigenvalue weighted by Gasteiger charge is -2.43. The van der Waals surface area contributed by atoms with E-state index in [9.17, 15) is 9.59 Å². The fourth-order valence-electron chi connectivity index (χ4n) is 4.10. The van der Waals surface area contributed by atoms with Crippen molar-refractivity contribution in [3.63, 3.8) is 0 Å². The van der Waals surface area contributed by atoms with Crippen LogP contribution in [0, 0.1) is 0 Å². The van der Waals surface area contributed by atoms with Crippen LogP contribution in [-0.4, -0.2) is 54.8 Å². The molecule has 0 bridgehead atoms. The molecule has 1 unspecified atom stereocenters. The van der Waals surface area contributed by atoms with Gasteiger partial charge in [0.05, 0.1) is 26.0 Å². The summed E-state index contributed by atoms with van der Waals surface area (Å²) in [6.45, 7) is 1.80. The number of rotatable bonds is 4. The van der Waals surface area contributed by atoms with Crippen LogP contribution in [0.4, 0.5) is 22.0 Å². The maximum atomic E-state index is 13.4. The lowest BCUT2D eigenvalue weighted by molar-refractivity contribution is -0.122. The van der Waals surface area contributed by atoms with Crippen LogP contribution in [0.2, 0.25) is 5.02 Å². The van der Waals surface area contributed by atoms with Crippen LogP contribution in [0.25, 0.3) is 11.4 Å². The smallest absolute Gasteiger partial charge is 0.318 e. The molecule has 0 saturated carbocycles. The van der Waals surface area contributed by atoms with E-state index in [0.717, 1.165) is 11.1 Å². The Balaban J connectivity index is 1.49. The minimum Gasteiger partial charge on any atom is -0.377 e. The first-order chi connectivity index (χ1) is 16.5. The molecule has 10 heteroatoms. The maximum Gasteiger partial charge on any atom is 0.318 e. The van der Waals surface area contributed by atoms with Gasteiger partial charge in [-0.2, -0.15) is 0 Å². The number of anilines is 3. The number of ether oxygens (including phenoxy) is 1. The summed E-state index contributed by atoms with van der Waals surface area (Å²) >= 11 is 6.03. The van der Waals surface area contributed by atoms with E-state index in [1.54, 1.807) is 30.3 Å². The molecule has 2 aliphatic heterocycles. The molecule has 1 aromatic heterocycles. The summed E-state index contributed by atoms with van der Waals surface area (Å²) in [7, 11) is 1.56. The molecule has 1 saturated heterocycles. The van der Waals surface area contributed by atoms with E-state index in [0.29, 0.717) is 54.3 Å². The average molecular weight is 479 g/mol. The van der Waals surface area contributed by atoms with Gasteiger partial charge in [0.25, 0.3) is 5.91 Å². The van der Waals surface area contributed by atoms with E-state index < -0.39 is 6.04 Å². The van der Waals surface area contributed by atoms with Crippen molar-refractivity contribution in [1.29, 1.82) is 0 Å². The van der Waals surface area contributed by atoms with Crippen LogP contribution in [0.1, 0.15) is 5.56 Å². The number of aromatic nitrogens is 2. The Morgan fingerprint density at radius 1 is 1.18 bits per heavy atom. The summed E-state index contributed by atoms with van der Waals surface area (Å²) in [5, 5.41) is 5.89. The monoisotopic (exact) mass is 478 g/mol. The predicted molar refractivity (Wildman–Crippen MR) is 130 cm³/mol. The fraction of sp³-hybridized carbons (Fsp3) is 0.250. The highest BCUT2D eigenvalue weighted by atomic mass is 35.5. The summed E-state index contributed by atoms with van der Waals surface area (Å²) in [4.78, 5) is 38.1. The Morgan fingerprint density at radius 3 is 2.68 bits per heavy atom. The number of amides is 3. The van der Waals surface area contributed by atoms with E-state index in [1.807, 2.05) is 41.3 Å². The number of hydrogen-bond acceptors (Lipinski definition) is 6.